The molecule has 1 amide bonds. The van der Waals surface area contributed by atoms with Gasteiger partial charge in [0.05, 0.1) is 10.7 Å². The lowest BCUT2D eigenvalue weighted by atomic mass is 9.89. The summed E-state index contributed by atoms with van der Waals surface area (Å²) < 4.78 is 28.7. The van der Waals surface area contributed by atoms with E-state index in [9.17, 15) is 13.6 Å². The predicted molar refractivity (Wildman–Crippen MR) is 151 cm³/mol. The number of hydrogen-bond donors (Lipinski definition) is 1. The normalized spacial score (nSPS) is 14.7. The Kier molecular flexibility index (Phi) is 7.69. The number of imidazole rings is 1. The van der Waals surface area contributed by atoms with Gasteiger partial charge in [-0.25, -0.2) is 4.98 Å². The van der Waals surface area contributed by atoms with Crippen LogP contribution in [0.15, 0.2) is 66.9 Å². The Morgan fingerprint density at radius 3 is 2.42 bits per heavy atom. The van der Waals surface area contributed by atoms with Crippen molar-refractivity contribution in [1.82, 2.24) is 14.7 Å². The maximum atomic E-state index is 13.5. The summed E-state index contributed by atoms with van der Waals surface area (Å²) in [6.07, 6.45) is 4.37. The number of rotatable bonds is 7. The summed E-state index contributed by atoms with van der Waals surface area (Å²) in [6, 6.07) is 18.5. The van der Waals surface area contributed by atoms with Crippen LogP contribution in [0.3, 0.4) is 0 Å². The maximum Gasteiger partial charge on any atom is 0.283 e. The summed E-state index contributed by atoms with van der Waals surface area (Å²) in [5.74, 6) is 0.188. The van der Waals surface area contributed by atoms with Crippen LogP contribution in [0.1, 0.15) is 58.6 Å². The summed E-state index contributed by atoms with van der Waals surface area (Å²) in [5, 5.41) is 3.53. The fourth-order valence-corrected chi connectivity index (χ4v) is 5.51. The molecule has 9 heteroatoms. The van der Waals surface area contributed by atoms with Crippen LogP contribution >= 0.6 is 20.8 Å². The van der Waals surface area contributed by atoms with Gasteiger partial charge >= 0.3 is 0 Å². The Morgan fingerprint density at radius 1 is 1.11 bits per heavy atom. The summed E-state index contributed by atoms with van der Waals surface area (Å²) in [5.41, 5.74) is 2.21. The summed E-state index contributed by atoms with van der Waals surface area (Å²) >= 11 is 6.27. The molecule has 3 heterocycles. The van der Waals surface area contributed by atoms with Crippen LogP contribution in [-0.4, -0.2) is 28.4 Å². The van der Waals surface area contributed by atoms with Gasteiger partial charge in [0.2, 0.25) is 0 Å². The first kappa shape index (κ1) is 26.6. The molecule has 0 saturated carbocycles. The van der Waals surface area contributed by atoms with Crippen molar-refractivity contribution >= 4 is 38.1 Å². The Bertz CT molecular complexity index is 1430. The van der Waals surface area contributed by atoms with Crippen molar-refractivity contribution in [2.45, 2.75) is 44.3 Å². The van der Waals surface area contributed by atoms with E-state index in [-0.39, 0.29) is 11.5 Å². The van der Waals surface area contributed by atoms with Gasteiger partial charge in [-0.1, -0.05) is 64.2 Å². The van der Waals surface area contributed by atoms with E-state index >= 15 is 0 Å². The van der Waals surface area contributed by atoms with Crippen LogP contribution < -0.4 is 10.2 Å². The lowest BCUT2D eigenvalue weighted by Gasteiger charge is -2.34. The molecule has 38 heavy (non-hydrogen) atoms. The quantitative estimate of drug-likeness (QED) is 0.256. The van der Waals surface area contributed by atoms with Gasteiger partial charge in [-0.2, -0.15) is 8.78 Å². The van der Waals surface area contributed by atoms with E-state index < -0.39 is 5.66 Å². The second-order valence-electron chi connectivity index (χ2n) is 9.67. The number of aromatic nitrogens is 2. The minimum absolute atomic E-state index is 0.0219. The molecule has 1 N–H and O–H groups in total. The number of pyridine rings is 1. The first-order chi connectivity index (χ1) is 18.2. The van der Waals surface area contributed by atoms with Gasteiger partial charge in [0.25, 0.3) is 11.6 Å². The van der Waals surface area contributed by atoms with E-state index in [1.165, 1.54) is 12.1 Å². The molecule has 198 valence electrons. The molecule has 5 nitrogen and oxygen atoms in total. The van der Waals surface area contributed by atoms with E-state index in [1.54, 1.807) is 32.0 Å². The molecule has 0 bridgehead atoms. The third-order valence-corrected chi connectivity index (χ3v) is 7.87. The van der Waals surface area contributed by atoms with E-state index in [0.29, 0.717) is 40.9 Å². The molecule has 1 aliphatic rings. The van der Waals surface area contributed by atoms with Crippen LogP contribution in [0.2, 0.25) is 5.02 Å². The predicted octanol–water partition coefficient (Wildman–Crippen LogP) is 6.79. The largest absolute Gasteiger partial charge is 0.371 e. The van der Waals surface area contributed by atoms with Crippen molar-refractivity contribution in [3.05, 3.63) is 100.0 Å². The fourth-order valence-electron chi connectivity index (χ4n) is 5.11. The van der Waals surface area contributed by atoms with Crippen molar-refractivity contribution < 1.29 is 13.6 Å². The Balaban J connectivity index is 1.18. The molecule has 4 aromatic rings. The number of amides is 1. The second-order valence-corrected chi connectivity index (χ2v) is 10.8. The van der Waals surface area contributed by atoms with Crippen molar-refractivity contribution in [2.75, 3.05) is 18.0 Å². The monoisotopic (exact) mass is 554 g/mol. The Morgan fingerprint density at radius 2 is 1.79 bits per heavy atom. The zero-order valence-corrected chi connectivity index (χ0v) is 23.0. The van der Waals surface area contributed by atoms with Crippen molar-refractivity contribution in [3.8, 4) is 0 Å². The zero-order valence-electron chi connectivity index (χ0n) is 21.1. The molecular formula is C29H30ClF2N4OP. The molecule has 0 radical (unpaired) electrons. The summed E-state index contributed by atoms with van der Waals surface area (Å²) in [6.45, 7) is 4.18. The summed E-state index contributed by atoms with van der Waals surface area (Å²) in [4.78, 5) is 19.9. The third kappa shape index (κ3) is 5.55. The van der Waals surface area contributed by atoms with Crippen LogP contribution in [0.5, 0.6) is 0 Å². The highest BCUT2D eigenvalue weighted by molar-refractivity contribution is 7.17. The van der Waals surface area contributed by atoms with Gasteiger partial charge in [-0.3, -0.25) is 9.20 Å². The van der Waals surface area contributed by atoms with Crippen molar-refractivity contribution in [1.29, 1.82) is 0 Å². The van der Waals surface area contributed by atoms with Crippen LogP contribution in [0.4, 0.5) is 14.5 Å². The molecule has 0 aliphatic carbocycles. The molecular weight excluding hydrogens is 525 g/mol. The average Bonchev–Trinajstić information content (AvgIpc) is 3.32. The molecule has 1 fully saturated rings. The van der Waals surface area contributed by atoms with E-state index in [2.05, 4.69) is 27.3 Å². The van der Waals surface area contributed by atoms with Crippen LogP contribution in [-0.2, 0) is 18.6 Å². The number of carbonyl (C=O) groups is 1. The second kappa shape index (κ2) is 11.0. The number of carbonyl (C=O) groups excluding carboxylic acids is 1. The molecule has 2 aromatic carbocycles. The van der Waals surface area contributed by atoms with Crippen molar-refractivity contribution in [2.24, 2.45) is 0 Å². The molecule has 1 saturated heterocycles. The minimum Gasteiger partial charge on any atom is -0.371 e. The highest BCUT2D eigenvalue weighted by atomic mass is 35.5. The number of hydrogen-bond acceptors (Lipinski definition) is 3. The highest BCUT2D eigenvalue weighted by Crippen LogP contribution is 2.36. The maximum absolute atomic E-state index is 13.5. The first-order valence-electron chi connectivity index (χ1n) is 12.8. The fraction of sp³-hybridized carbons (Fsp3) is 0.310. The molecule has 2 aromatic heterocycles. The van der Waals surface area contributed by atoms with Crippen LogP contribution in [0.25, 0.3) is 5.65 Å². The van der Waals surface area contributed by atoms with E-state index in [4.69, 9.17) is 11.6 Å². The molecule has 1 aliphatic heterocycles. The lowest BCUT2D eigenvalue weighted by Crippen LogP contribution is -2.32. The van der Waals surface area contributed by atoms with Gasteiger partial charge in [0.15, 0.2) is 5.65 Å². The number of fused-ring (bicyclic) bond motifs is 1. The third-order valence-electron chi connectivity index (χ3n) is 7.24. The standard InChI is InChI=1S/C29H30ClF2N4OP/c1-2-25-26(36-15-3-4-24(30)27(36)34-25)28(37)33-18-19-5-11-23(12-6-19)35-16-13-21(14-17-35)20-7-9-22(10-8-20)29(31,32)38/h3-12,15,21H,2,13-14,16-18,38H2,1H3,(H,33,37). The minimum atomic E-state index is -2.89. The number of benzene rings is 2. The SMILES string of the molecule is CCc1nc2c(Cl)cccn2c1C(=O)NCc1ccc(N2CCC(c3ccc(C(F)(F)P)cc3)CC2)cc1. The molecule has 1 unspecified atom stereocenters. The van der Waals surface area contributed by atoms with E-state index in [0.717, 1.165) is 42.7 Å². The van der Waals surface area contributed by atoms with Crippen molar-refractivity contribution in [3.63, 3.8) is 0 Å². The number of nitrogens with zero attached hydrogens (tertiary/aromatic N) is 3. The van der Waals surface area contributed by atoms with Gasteiger partial charge in [0, 0.05) is 37.1 Å². The van der Waals surface area contributed by atoms with Crippen LogP contribution in [0, 0.1) is 0 Å². The molecule has 0 spiro atoms. The number of anilines is 1. The van der Waals surface area contributed by atoms with Gasteiger partial charge in [-0.05, 0) is 60.6 Å². The number of aryl methyl sites for hydroxylation is 1. The van der Waals surface area contributed by atoms with Gasteiger partial charge < -0.3 is 10.2 Å². The van der Waals surface area contributed by atoms with E-state index in [1.807, 2.05) is 31.2 Å². The lowest BCUT2D eigenvalue weighted by molar-refractivity contribution is 0.0943. The number of nitrogens with one attached hydrogen (secondary N) is 1. The van der Waals surface area contributed by atoms with Gasteiger partial charge in [-0.15, -0.1) is 0 Å². The average molecular weight is 555 g/mol. The van der Waals surface area contributed by atoms with Gasteiger partial charge in [0.1, 0.15) is 5.69 Å². The highest BCUT2D eigenvalue weighted by Gasteiger charge is 2.26. The number of alkyl halides is 2. The Labute approximate surface area is 228 Å². The number of piperidine rings is 1. The Hall–Kier alpha value is -3.02. The summed E-state index contributed by atoms with van der Waals surface area (Å²) in [7, 11) is 1.59. The first-order valence-corrected chi connectivity index (χ1v) is 13.7. The zero-order chi connectivity index (χ0) is 26.9. The topological polar surface area (TPSA) is 49.6 Å². The molecule has 1 atom stereocenters. The number of halogens is 3. The molecule has 5 rings (SSSR count). The smallest absolute Gasteiger partial charge is 0.283 e.